The minimum absolute atomic E-state index is 0.0753. The molecule has 2 aromatic rings. The Balaban J connectivity index is 1.97. The van der Waals surface area contributed by atoms with Gasteiger partial charge in [0.05, 0.1) is 16.3 Å². The quantitative estimate of drug-likeness (QED) is 0.819. The topological polar surface area (TPSA) is 70.5 Å². The average Bonchev–Trinajstić information content (AvgIpc) is 2.75. The van der Waals surface area contributed by atoms with Crippen LogP contribution < -0.4 is 5.69 Å². The van der Waals surface area contributed by atoms with Gasteiger partial charge in [-0.3, -0.25) is 9.58 Å². The van der Waals surface area contributed by atoms with Crippen molar-refractivity contribution in [2.24, 2.45) is 5.29 Å². The Hall–Kier alpha value is -2.11. The predicted molar refractivity (Wildman–Crippen MR) is 68.2 cm³/mol. The molecule has 0 aliphatic carbocycles. The fourth-order valence-electron chi connectivity index (χ4n) is 2.63. The van der Waals surface area contributed by atoms with E-state index in [2.05, 4.69) is 10.3 Å². The van der Waals surface area contributed by atoms with Crippen molar-refractivity contribution in [1.82, 2.24) is 14.6 Å². The fraction of sp³-hybridized carbons (Fsp3) is 0.417. The van der Waals surface area contributed by atoms with Gasteiger partial charge in [-0.1, -0.05) is 12.1 Å². The van der Waals surface area contributed by atoms with Crippen LogP contribution in [0.15, 0.2) is 34.3 Å². The Morgan fingerprint density at radius 1 is 1.22 bits per heavy atom. The van der Waals surface area contributed by atoms with E-state index in [0.717, 1.165) is 23.9 Å². The molecule has 18 heavy (non-hydrogen) atoms. The molecule has 6 heteroatoms. The maximum atomic E-state index is 12.0. The van der Waals surface area contributed by atoms with E-state index >= 15 is 0 Å². The lowest BCUT2D eigenvalue weighted by atomic mass is 10.1. The molecule has 1 aliphatic rings. The molecule has 1 fully saturated rings. The van der Waals surface area contributed by atoms with Crippen molar-refractivity contribution in [2.45, 2.75) is 18.9 Å². The first-order chi connectivity index (χ1) is 8.79. The van der Waals surface area contributed by atoms with Gasteiger partial charge < -0.3 is 4.98 Å². The molecule has 6 nitrogen and oxygen atoms in total. The minimum Gasteiger partial charge on any atom is -0.306 e. The van der Waals surface area contributed by atoms with Gasteiger partial charge in [-0.25, -0.2) is 4.79 Å². The highest BCUT2D eigenvalue weighted by Crippen LogP contribution is 2.24. The van der Waals surface area contributed by atoms with E-state index in [9.17, 15) is 9.70 Å². The van der Waals surface area contributed by atoms with Crippen LogP contribution in [0.4, 0.5) is 0 Å². The zero-order valence-electron chi connectivity index (χ0n) is 9.87. The number of para-hydroxylation sites is 2. The fourth-order valence-corrected chi connectivity index (χ4v) is 2.63. The normalized spacial score (nSPS) is 17.2. The summed E-state index contributed by atoms with van der Waals surface area (Å²) in [7, 11) is 0. The summed E-state index contributed by atoms with van der Waals surface area (Å²) >= 11 is 0. The van der Waals surface area contributed by atoms with Crippen molar-refractivity contribution in [3.63, 3.8) is 0 Å². The average molecular weight is 246 g/mol. The number of piperidine rings is 1. The predicted octanol–water partition coefficient (Wildman–Crippen LogP) is 1.65. The van der Waals surface area contributed by atoms with E-state index < -0.39 is 0 Å². The number of hydrogen-bond acceptors (Lipinski definition) is 3. The summed E-state index contributed by atoms with van der Waals surface area (Å²) in [6.45, 7) is 1.22. The van der Waals surface area contributed by atoms with E-state index in [-0.39, 0.29) is 11.7 Å². The number of H-pyrrole nitrogens is 1. The lowest BCUT2D eigenvalue weighted by Crippen LogP contribution is -2.33. The van der Waals surface area contributed by atoms with Gasteiger partial charge in [0.2, 0.25) is 0 Å². The third-order valence-corrected chi connectivity index (χ3v) is 3.55. The van der Waals surface area contributed by atoms with Crippen molar-refractivity contribution < 1.29 is 0 Å². The van der Waals surface area contributed by atoms with Crippen LogP contribution in [0.2, 0.25) is 0 Å². The second kappa shape index (κ2) is 4.29. The van der Waals surface area contributed by atoms with Crippen LogP contribution in [0.1, 0.15) is 18.9 Å². The number of imidazole rings is 1. The summed E-state index contributed by atoms with van der Waals surface area (Å²) in [6, 6.07) is 7.81. The van der Waals surface area contributed by atoms with Gasteiger partial charge in [0.25, 0.3) is 0 Å². The first-order valence-corrected chi connectivity index (χ1v) is 6.07. The summed E-state index contributed by atoms with van der Waals surface area (Å²) in [5.74, 6) is 0. The van der Waals surface area contributed by atoms with E-state index in [1.54, 1.807) is 4.57 Å². The van der Waals surface area contributed by atoms with Crippen molar-refractivity contribution >= 4 is 11.0 Å². The van der Waals surface area contributed by atoms with Gasteiger partial charge in [-0.2, -0.15) is 0 Å². The molecule has 0 bridgehead atoms. The highest BCUT2D eigenvalue weighted by molar-refractivity contribution is 5.75. The molecule has 0 amide bonds. The van der Waals surface area contributed by atoms with Crippen molar-refractivity contribution in [2.75, 3.05) is 13.1 Å². The number of nitrogens with one attached hydrogen (secondary N) is 1. The standard InChI is InChI=1S/C12H14N4O2/c17-12-13-10-3-1-2-4-11(10)16(12)9-5-7-15(14-18)8-6-9/h1-4,9H,5-8H2,(H,13,17). The van der Waals surface area contributed by atoms with E-state index in [4.69, 9.17) is 0 Å². The second-order valence-electron chi connectivity index (χ2n) is 4.58. The molecule has 1 aromatic carbocycles. The highest BCUT2D eigenvalue weighted by atomic mass is 16.3. The van der Waals surface area contributed by atoms with Crippen molar-refractivity contribution in [1.29, 1.82) is 0 Å². The van der Waals surface area contributed by atoms with Crippen LogP contribution >= 0.6 is 0 Å². The zero-order chi connectivity index (χ0) is 12.5. The molecule has 0 radical (unpaired) electrons. The maximum absolute atomic E-state index is 12.0. The number of nitroso groups, excluding NO2 is 1. The molecule has 1 N–H and O–H groups in total. The third kappa shape index (κ3) is 1.70. The molecule has 2 heterocycles. The first kappa shape index (κ1) is 11.0. The number of rotatable bonds is 2. The van der Waals surface area contributed by atoms with Crippen LogP contribution in [-0.4, -0.2) is 27.6 Å². The molecule has 0 unspecified atom stereocenters. The van der Waals surface area contributed by atoms with Gasteiger partial charge in [-0.05, 0) is 25.0 Å². The molecule has 94 valence electrons. The van der Waals surface area contributed by atoms with Crippen LogP contribution in [0.3, 0.4) is 0 Å². The molecule has 3 rings (SSSR count). The van der Waals surface area contributed by atoms with Crippen molar-refractivity contribution in [3.05, 3.63) is 39.7 Å². The lowest BCUT2D eigenvalue weighted by Gasteiger charge is -2.28. The van der Waals surface area contributed by atoms with E-state index in [0.29, 0.717) is 13.1 Å². The Labute approximate surface area is 103 Å². The van der Waals surface area contributed by atoms with E-state index in [1.165, 1.54) is 5.01 Å². The Morgan fingerprint density at radius 3 is 2.67 bits per heavy atom. The van der Waals surface area contributed by atoms with Gasteiger partial charge in [0, 0.05) is 19.1 Å². The van der Waals surface area contributed by atoms with Gasteiger partial charge >= 0.3 is 5.69 Å². The second-order valence-corrected chi connectivity index (χ2v) is 4.58. The molecule has 0 saturated carbocycles. The van der Waals surface area contributed by atoms with Gasteiger partial charge in [0.1, 0.15) is 0 Å². The maximum Gasteiger partial charge on any atom is 0.326 e. The van der Waals surface area contributed by atoms with Crippen LogP contribution in [0.5, 0.6) is 0 Å². The van der Waals surface area contributed by atoms with Gasteiger partial charge in [-0.15, -0.1) is 4.91 Å². The number of benzene rings is 1. The summed E-state index contributed by atoms with van der Waals surface area (Å²) in [5.41, 5.74) is 1.71. The molecule has 1 saturated heterocycles. The Bertz CT molecular complexity index is 622. The summed E-state index contributed by atoms with van der Waals surface area (Å²) in [4.78, 5) is 25.3. The van der Waals surface area contributed by atoms with Crippen LogP contribution in [0, 0.1) is 4.91 Å². The number of aromatic nitrogens is 2. The summed E-state index contributed by atoms with van der Waals surface area (Å²) in [6.07, 6.45) is 1.54. The van der Waals surface area contributed by atoms with Crippen LogP contribution in [0.25, 0.3) is 11.0 Å². The number of aromatic amines is 1. The molecular formula is C12H14N4O2. The lowest BCUT2D eigenvalue weighted by molar-refractivity contribution is 0.191. The number of fused-ring (bicyclic) bond motifs is 1. The SMILES string of the molecule is O=NN1CCC(n2c(=O)[nH]c3ccccc32)CC1. The van der Waals surface area contributed by atoms with Gasteiger partial charge in [0.15, 0.2) is 0 Å². The van der Waals surface area contributed by atoms with E-state index in [1.807, 2.05) is 24.3 Å². The van der Waals surface area contributed by atoms with Crippen LogP contribution in [-0.2, 0) is 0 Å². The minimum atomic E-state index is -0.0753. The van der Waals surface area contributed by atoms with Crippen molar-refractivity contribution in [3.8, 4) is 0 Å². The number of hydrogen-bond donors (Lipinski definition) is 1. The number of nitrogens with zero attached hydrogens (tertiary/aromatic N) is 3. The molecule has 1 aliphatic heterocycles. The molecule has 1 aromatic heterocycles. The summed E-state index contributed by atoms with van der Waals surface area (Å²) in [5, 5.41) is 4.45. The Morgan fingerprint density at radius 2 is 1.94 bits per heavy atom. The first-order valence-electron chi connectivity index (χ1n) is 6.07. The monoisotopic (exact) mass is 246 g/mol. The molecular weight excluding hydrogens is 232 g/mol. The molecule has 0 atom stereocenters. The zero-order valence-corrected chi connectivity index (χ0v) is 9.87. The smallest absolute Gasteiger partial charge is 0.306 e. The third-order valence-electron chi connectivity index (χ3n) is 3.55. The largest absolute Gasteiger partial charge is 0.326 e. The summed E-state index contributed by atoms with van der Waals surface area (Å²) < 4.78 is 1.80. The Kier molecular flexibility index (Phi) is 2.62. The molecule has 0 spiro atoms. The highest BCUT2D eigenvalue weighted by Gasteiger charge is 2.23.